The summed E-state index contributed by atoms with van der Waals surface area (Å²) in [6.45, 7) is -0.149. The number of nitrogens with zero attached hydrogens (tertiary/aromatic N) is 1. The Balaban J connectivity index is 2.24. The van der Waals surface area contributed by atoms with Crippen molar-refractivity contribution < 1.29 is 88.6 Å². The smallest absolute Gasteiger partial charge is 0.460 e. The van der Waals surface area contributed by atoms with Crippen LogP contribution >= 0.6 is 0 Å². The Labute approximate surface area is 227 Å². The number of halogens is 17. The summed E-state index contributed by atoms with van der Waals surface area (Å²) in [4.78, 5) is 15.9. The molecule has 43 heavy (non-hydrogen) atoms. The number of benzene rings is 1. The fourth-order valence-corrected chi connectivity index (χ4v) is 3.23. The predicted octanol–water partition coefficient (Wildman–Crippen LogP) is 8.60. The van der Waals surface area contributed by atoms with Crippen molar-refractivity contribution in [2.24, 2.45) is 0 Å². The fraction of sp³-hybridized carbons (Fsp3) is 0.545. The first-order valence-electron chi connectivity index (χ1n) is 11.0. The first kappa shape index (κ1) is 35.9. The van der Waals surface area contributed by atoms with Crippen LogP contribution in [-0.4, -0.2) is 65.2 Å². The van der Waals surface area contributed by atoms with Crippen molar-refractivity contribution in [2.45, 2.75) is 67.4 Å². The second kappa shape index (κ2) is 11.0. The summed E-state index contributed by atoms with van der Waals surface area (Å²) in [5, 5.41) is 0. The molecule has 0 atom stereocenters. The topological polar surface area (TPSA) is 52.3 Å². The van der Waals surface area contributed by atoms with E-state index in [0.29, 0.717) is 0 Å². The molecule has 0 saturated carbocycles. The number of carbonyl (C=O) groups is 1. The highest BCUT2D eigenvalue weighted by atomic mass is 19.4. The van der Waals surface area contributed by atoms with Gasteiger partial charge in [0.1, 0.15) is 0 Å². The molecule has 0 amide bonds. The van der Waals surface area contributed by atoms with E-state index in [9.17, 15) is 79.4 Å². The van der Waals surface area contributed by atoms with E-state index < -0.39 is 78.7 Å². The Bertz CT molecular complexity index is 1290. The molecule has 0 fully saturated rings. The van der Waals surface area contributed by atoms with Gasteiger partial charge in [-0.2, -0.15) is 74.6 Å². The van der Waals surface area contributed by atoms with Crippen LogP contribution in [0.3, 0.4) is 0 Å². The van der Waals surface area contributed by atoms with Crippen LogP contribution in [-0.2, 0) is 4.74 Å². The minimum Gasteiger partial charge on any atom is -0.461 e. The number of carbonyl (C=O) groups excluding carboxylic acids is 1. The molecule has 2 aromatic rings. The van der Waals surface area contributed by atoms with E-state index in [1.165, 1.54) is 31.2 Å². The molecular formula is C22H14F17NO3. The lowest BCUT2D eigenvalue weighted by atomic mass is 9.88. The van der Waals surface area contributed by atoms with Crippen molar-refractivity contribution in [2.75, 3.05) is 6.61 Å². The minimum atomic E-state index is -8.69. The zero-order valence-corrected chi connectivity index (χ0v) is 20.6. The van der Waals surface area contributed by atoms with Crippen LogP contribution in [0.5, 0.6) is 0 Å². The predicted molar refractivity (Wildman–Crippen MR) is 107 cm³/mol. The average Bonchev–Trinajstić information content (AvgIpc) is 3.27. The lowest BCUT2D eigenvalue weighted by Crippen LogP contribution is -2.74. The van der Waals surface area contributed by atoms with E-state index in [4.69, 9.17) is 4.42 Å². The summed E-state index contributed by atoms with van der Waals surface area (Å²) in [6.07, 6.45) is -12.2. The fourth-order valence-electron chi connectivity index (χ4n) is 3.23. The number of hydrogen-bond donors (Lipinski definition) is 0. The maximum atomic E-state index is 14.0. The van der Waals surface area contributed by atoms with Crippen LogP contribution in [0.15, 0.2) is 34.7 Å². The summed E-state index contributed by atoms with van der Waals surface area (Å²) in [6, 6.07) is 7.30. The number of aryl methyl sites for hydroxylation is 1. The first-order valence-corrected chi connectivity index (χ1v) is 11.0. The molecule has 0 aliphatic carbocycles. The van der Waals surface area contributed by atoms with Crippen LogP contribution in [0.25, 0.3) is 11.3 Å². The Kier molecular flexibility index (Phi) is 9.19. The molecular weight excluding hydrogens is 649 g/mol. The van der Waals surface area contributed by atoms with Crippen molar-refractivity contribution >= 4 is 5.97 Å². The van der Waals surface area contributed by atoms with Crippen LogP contribution in [0.2, 0.25) is 0 Å². The highest BCUT2D eigenvalue weighted by Gasteiger charge is 2.95. The summed E-state index contributed by atoms with van der Waals surface area (Å²) in [7, 11) is 0. The van der Waals surface area contributed by atoms with E-state index in [1.807, 2.05) is 0 Å². The normalized spacial score (nSPS) is 14.7. The maximum absolute atomic E-state index is 14.0. The summed E-state index contributed by atoms with van der Waals surface area (Å²) >= 11 is 0. The molecule has 0 aliphatic rings. The maximum Gasteiger partial charge on any atom is 0.460 e. The molecule has 1 aromatic carbocycles. The van der Waals surface area contributed by atoms with Gasteiger partial charge >= 0.3 is 53.6 Å². The van der Waals surface area contributed by atoms with Crippen molar-refractivity contribution in [1.29, 1.82) is 0 Å². The molecule has 0 radical (unpaired) electrons. The summed E-state index contributed by atoms with van der Waals surface area (Å²) in [5.41, 5.74) is -0.384. The van der Waals surface area contributed by atoms with Crippen molar-refractivity contribution in [3.05, 3.63) is 41.9 Å². The van der Waals surface area contributed by atoms with Crippen LogP contribution in [0.1, 0.15) is 29.2 Å². The SMILES string of the molecule is Cc1nc(C(=O)OCCCC(F)(F)C(F)(F)C(F)(F)C(F)(F)C(F)(F)C(F)(F)C(F)(F)C(F)(F)F)c(-c2ccccc2)o1. The Morgan fingerprint density at radius 2 is 1.14 bits per heavy atom. The van der Waals surface area contributed by atoms with Gasteiger partial charge in [0.15, 0.2) is 17.3 Å². The van der Waals surface area contributed by atoms with E-state index in [0.717, 1.165) is 0 Å². The quantitative estimate of drug-likeness (QED) is 0.130. The molecule has 0 aliphatic heterocycles. The van der Waals surface area contributed by atoms with Gasteiger partial charge in [0.2, 0.25) is 0 Å². The number of rotatable bonds is 12. The van der Waals surface area contributed by atoms with Crippen LogP contribution in [0, 0.1) is 6.92 Å². The monoisotopic (exact) mass is 663 g/mol. The Morgan fingerprint density at radius 3 is 1.60 bits per heavy atom. The highest BCUT2D eigenvalue weighted by molar-refractivity contribution is 5.93. The number of alkyl halides is 17. The Morgan fingerprint density at radius 1 is 0.698 bits per heavy atom. The highest BCUT2D eigenvalue weighted by Crippen LogP contribution is 2.64. The number of hydrogen-bond acceptors (Lipinski definition) is 4. The average molecular weight is 663 g/mol. The minimum absolute atomic E-state index is 0.143. The third kappa shape index (κ3) is 5.69. The lowest BCUT2D eigenvalue weighted by Gasteiger charge is -2.42. The molecule has 0 spiro atoms. The molecule has 1 aromatic heterocycles. The van der Waals surface area contributed by atoms with Gasteiger partial charge in [-0.05, 0) is 6.42 Å². The van der Waals surface area contributed by atoms with Gasteiger partial charge in [-0.3, -0.25) is 0 Å². The van der Waals surface area contributed by atoms with Gasteiger partial charge < -0.3 is 9.15 Å². The lowest BCUT2D eigenvalue weighted by molar-refractivity contribution is -0.461. The van der Waals surface area contributed by atoms with Gasteiger partial charge in [-0.1, -0.05) is 30.3 Å². The van der Waals surface area contributed by atoms with E-state index in [1.54, 1.807) is 6.07 Å². The van der Waals surface area contributed by atoms with Gasteiger partial charge in [0.05, 0.1) is 6.61 Å². The van der Waals surface area contributed by atoms with Gasteiger partial charge in [-0.15, -0.1) is 0 Å². The molecule has 0 N–H and O–H groups in total. The van der Waals surface area contributed by atoms with Crippen molar-refractivity contribution in [3.8, 4) is 11.3 Å². The van der Waals surface area contributed by atoms with Crippen molar-refractivity contribution in [1.82, 2.24) is 4.98 Å². The molecule has 2 rings (SSSR count). The summed E-state index contributed by atoms with van der Waals surface area (Å²) in [5.74, 6) is -58.7. The standard InChI is InChI=1S/C22H14F17NO3/c1-10-40-12(13(43-10)11-6-3-2-4-7-11)14(41)42-9-5-8-15(23,24)16(25,26)17(27,28)18(29,30)19(31,32)20(33,34)21(35,36)22(37,38)39/h2-4,6-7H,5,8-9H2,1H3. The zero-order chi connectivity index (χ0) is 33.7. The number of ether oxygens (including phenoxy) is 1. The van der Waals surface area contributed by atoms with Gasteiger partial charge in [-0.25, -0.2) is 9.78 Å². The van der Waals surface area contributed by atoms with Crippen molar-refractivity contribution in [3.63, 3.8) is 0 Å². The van der Waals surface area contributed by atoms with E-state index in [-0.39, 0.29) is 17.2 Å². The van der Waals surface area contributed by atoms with E-state index in [2.05, 4.69) is 9.72 Å². The van der Waals surface area contributed by atoms with Gasteiger partial charge in [0, 0.05) is 18.9 Å². The largest absolute Gasteiger partial charge is 0.461 e. The molecule has 0 unspecified atom stereocenters. The molecule has 1 heterocycles. The van der Waals surface area contributed by atoms with Crippen LogP contribution < -0.4 is 0 Å². The zero-order valence-electron chi connectivity index (χ0n) is 20.6. The molecule has 21 heteroatoms. The second-order valence-corrected chi connectivity index (χ2v) is 8.66. The molecule has 0 bridgehead atoms. The third-order valence-electron chi connectivity index (χ3n) is 5.62. The third-order valence-corrected chi connectivity index (χ3v) is 5.62. The van der Waals surface area contributed by atoms with E-state index >= 15 is 0 Å². The second-order valence-electron chi connectivity index (χ2n) is 8.66. The summed E-state index contributed by atoms with van der Waals surface area (Å²) < 4.78 is 236. The molecule has 0 saturated heterocycles. The van der Waals surface area contributed by atoms with Gasteiger partial charge in [0.25, 0.3) is 0 Å². The molecule has 4 nitrogen and oxygen atoms in total. The number of esters is 1. The molecule has 244 valence electrons. The van der Waals surface area contributed by atoms with Crippen LogP contribution in [0.4, 0.5) is 74.6 Å². The Hall–Kier alpha value is -3.29. The first-order chi connectivity index (χ1) is 19.1. The number of aromatic nitrogens is 1. The number of oxazole rings is 1.